The van der Waals surface area contributed by atoms with Crippen LogP contribution in [0.3, 0.4) is 0 Å². The van der Waals surface area contributed by atoms with Gasteiger partial charge in [0, 0.05) is 4.57 Å². The van der Waals surface area contributed by atoms with Gasteiger partial charge in [0.25, 0.3) is 0 Å². The topological polar surface area (TPSA) is 35.5 Å². The average molecular weight is 317 g/mol. The van der Waals surface area contributed by atoms with Gasteiger partial charge in [0.05, 0.1) is 0 Å². The first kappa shape index (κ1) is 16.5. The van der Waals surface area contributed by atoms with Crippen molar-refractivity contribution in [2.75, 3.05) is 0 Å². The molecule has 0 fully saturated rings. The summed E-state index contributed by atoms with van der Waals surface area (Å²) in [5.41, 5.74) is 2.50. The molecule has 0 heterocycles. The molecule has 2 aromatic carbocycles. The van der Waals surface area contributed by atoms with Crippen molar-refractivity contribution < 1.29 is 13.6 Å². The van der Waals surface area contributed by atoms with Crippen LogP contribution in [0.25, 0.3) is 0 Å². The third kappa shape index (κ3) is 5.16. The molecule has 0 atom stereocenters. The van der Waals surface area contributed by atoms with Crippen LogP contribution in [0, 0.1) is 0 Å². The van der Waals surface area contributed by atoms with Gasteiger partial charge in [-0.25, -0.2) is 9.05 Å². The van der Waals surface area contributed by atoms with E-state index in [0.717, 1.165) is 25.7 Å². The Bertz CT molecular complexity index is 537. The summed E-state index contributed by atoms with van der Waals surface area (Å²) in [6.07, 6.45) is 4.28. The van der Waals surface area contributed by atoms with Crippen LogP contribution >= 0.6 is 8.25 Å². The van der Waals surface area contributed by atoms with Gasteiger partial charge < -0.3 is 0 Å². The lowest BCUT2D eigenvalue weighted by atomic mass is 10.1. The Balaban J connectivity index is 1.89. The number of benzene rings is 2. The van der Waals surface area contributed by atoms with Crippen LogP contribution in [0.5, 0.6) is 11.5 Å². The third-order valence-electron chi connectivity index (χ3n) is 3.28. The number of hydrogen-bond donors (Lipinski definition) is 0. The molecule has 0 unspecified atom stereocenters. The van der Waals surface area contributed by atoms with Crippen LogP contribution in [-0.4, -0.2) is 0 Å². The van der Waals surface area contributed by atoms with Crippen LogP contribution in [0.2, 0.25) is 0 Å². The minimum absolute atomic E-state index is 0.559. The molecule has 0 N–H and O–H groups in total. The monoisotopic (exact) mass is 317 g/mol. The summed E-state index contributed by atoms with van der Waals surface area (Å²) in [6, 6.07) is 15.3. The SMILES string of the molecule is CCCc1ccc(O[P+](=O)Oc2ccc(CCC)cc2)cc1. The summed E-state index contributed by atoms with van der Waals surface area (Å²) in [4.78, 5) is 0. The highest BCUT2D eigenvalue weighted by molar-refractivity contribution is 7.34. The molecule has 4 heteroatoms. The summed E-state index contributed by atoms with van der Waals surface area (Å²) in [5.74, 6) is 1.12. The molecule has 116 valence electrons. The van der Waals surface area contributed by atoms with E-state index < -0.39 is 8.25 Å². The lowest BCUT2D eigenvalue weighted by Crippen LogP contribution is -1.90. The van der Waals surface area contributed by atoms with Crippen molar-refractivity contribution in [1.82, 2.24) is 0 Å². The van der Waals surface area contributed by atoms with Crippen LogP contribution in [0.15, 0.2) is 48.5 Å². The Kier molecular flexibility index (Phi) is 6.42. The maximum absolute atomic E-state index is 11.9. The average Bonchev–Trinajstić information content (AvgIpc) is 2.52. The molecule has 2 rings (SSSR count). The summed E-state index contributed by atoms with van der Waals surface area (Å²) >= 11 is 0. The molecule has 0 aliphatic heterocycles. The predicted molar refractivity (Wildman–Crippen MR) is 89.7 cm³/mol. The van der Waals surface area contributed by atoms with E-state index in [9.17, 15) is 4.57 Å². The maximum Gasteiger partial charge on any atom is 0.805 e. The van der Waals surface area contributed by atoms with Gasteiger partial charge in [0.1, 0.15) is 0 Å². The highest BCUT2D eigenvalue weighted by Gasteiger charge is 2.23. The van der Waals surface area contributed by atoms with Crippen molar-refractivity contribution in [3.63, 3.8) is 0 Å². The number of aryl methyl sites for hydroxylation is 2. The first-order valence-electron chi connectivity index (χ1n) is 7.72. The molecule has 3 nitrogen and oxygen atoms in total. The summed E-state index contributed by atoms with van der Waals surface area (Å²) in [5, 5.41) is 0. The van der Waals surface area contributed by atoms with Gasteiger partial charge in [0.2, 0.25) is 0 Å². The second-order valence-electron chi connectivity index (χ2n) is 5.19. The molecule has 0 aliphatic rings. The minimum Gasteiger partial charge on any atom is -0.222 e. The van der Waals surface area contributed by atoms with E-state index in [1.165, 1.54) is 11.1 Å². The van der Waals surface area contributed by atoms with E-state index >= 15 is 0 Å². The first-order valence-corrected chi connectivity index (χ1v) is 8.82. The molecular weight excluding hydrogens is 295 g/mol. The van der Waals surface area contributed by atoms with Gasteiger partial charge in [-0.3, -0.25) is 0 Å². The highest BCUT2D eigenvalue weighted by Crippen LogP contribution is 2.30. The Morgan fingerprint density at radius 3 is 1.41 bits per heavy atom. The standard InChI is InChI=1S/C18H22O3P/c1-3-5-15-7-11-17(12-8-15)20-22(19)21-18-13-9-16(6-4-2)10-14-18/h7-14H,3-6H2,1-2H3/q+1. The first-order chi connectivity index (χ1) is 10.7. The third-order valence-corrected chi connectivity index (χ3v) is 4.00. The fourth-order valence-electron chi connectivity index (χ4n) is 2.20. The van der Waals surface area contributed by atoms with Crippen LogP contribution in [0.1, 0.15) is 37.8 Å². The van der Waals surface area contributed by atoms with Crippen LogP contribution < -0.4 is 9.05 Å². The van der Waals surface area contributed by atoms with Gasteiger partial charge >= 0.3 is 8.25 Å². The van der Waals surface area contributed by atoms with E-state index in [0.29, 0.717) is 11.5 Å². The van der Waals surface area contributed by atoms with Gasteiger partial charge in [-0.1, -0.05) is 51.0 Å². The van der Waals surface area contributed by atoms with E-state index in [-0.39, 0.29) is 0 Å². The zero-order valence-electron chi connectivity index (χ0n) is 13.1. The molecule has 2 aromatic rings. The van der Waals surface area contributed by atoms with Gasteiger partial charge in [-0.05, 0) is 48.2 Å². The van der Waals surface area contributed by atoms with E-state index in [1.807, 2.05) is 48.5 Å². The van der Waals surface area contributed by atoms with Crippen LogP contribution in [-0.2, 0) is 17.4 Å². The van der Waals surface area contributed by atoms with Crippen LogP contribution in [0.4, 0.5) is 0 Å². The largest absolute Gasteiger partial charge is 0.805 e. The van der Waals surface area contributed by atoms with Crippen molar-refractivity contribution in [3.8, 4) is 11.5 Å². The quantitative estimate of drug-likeness (QED) is 0.585. The second-order valence-corrected chi connectivity index (χ2v) is 6.01. The lowest BCUT2D eigenvalue weighted by Gasteiger charge is -1.99. The molecule has 0 aliphatic carbocycles. The molecule has 0 radical (unpaired) electrons. The van der Waals surface area contributed by atoms with Gasteiger partial charge in [-0.2, -0.15) is 0 Å². The molecule has 0 bridgehead atoms. The number of rotatable bonds is 8. The minimum atomic E-state index is -2.22. The molecular formula is C18H22O3P+. The second kappa shape index (κ2) is 8.55. The fourth-order valence-corrected chi connectivity index (χ4v) is 2.83. The van der Waals surface area contributed by atoms with Crippen molar-refractivity contribution in [3.05, 3.63) is 59.7 Å². The molecule has 0 aromatic heterocycles. The molecule has 0 saturated heterocycles. The molecule has 0 spiro atoms. The van der Waals surface area contributed by atoms with Crippen molar-refractivity contribution in [2.45, 2.75) is 39.5 Å². The predicted octanol–water partition coefficient (Wildman–Crippen LogP) is 5.71. The smallest absolute Gasteiger partial charge is 0.222 e. The van der Waals surface area contributed by atoms with Gasteiger partial charge in [0.15, 0.2) is 11.5 Å². The zero-order valence-corrected chi connectivity index (χ0v) is 14.0. The van der Waals surface area contributed by atoms with Crippen molar-refractivity contribution in [2.24, 2.45) is 0 Å². The van der Waals surface area contributed by atoms with Gasteiger partial charge in [-0.15, -0.1) is 0 Å². The van der Waals surface area contributed by atoms with E-state index in [1.54, 1.807) is 0 Å². The highest BCUT2D eigenvalue weighted by atomic mass is 31.1. The van der Waals surface area contributed by atoms with E-state index in [4.69, 9.17) is 9.05 Å². The fraction of sp³-hybridized carbons (Fsp3) is 0.333. The molecule has 0 saturated carbocycles. The van der Waals surface area contributed by atoms with E-state index in [2.05, 4.69) is 13.8 Å². The summed E-state index contributed by atoms with van der Waals surface area (Å²) in [6.45, 7) is 4.28. The molecule has 22 heavy (non-hydrogen) atoms. The summed E-state index contributed by atoms with van der Waals surface area (Å²) < 4.78 is 22.5. The molecule has 0 amide bonds. The zero-order chi connectivity index (χ0) is 15.8. The number of hydrogen-bond acceptors (Lipinski definition) is 3. The normalized spacial score (nSPS) is 10.3. The van der Waals surface area contributed by atoms with Crippen molar-refractivity contribution in [1.29, 1.82) is 0 Å². The Morgan fingerprint density at radius 1 is 0.727 bits per heavy atom. The Morgan fingerprint density at radius 2 is 1.09 bits per heavy atom. The van der Waals surface area contributed by atoms with Crippen molar-refractivity contribution >= 4 is 8.25 Å². The summed E-state index contributed by atoms with van der Waals surface area (Å²) in [7, 11) is -2.22. The Hall–Kier alpha value is -1.86. The lowest BCUT2D eigenvalue weighted by molar-refractivity contribution is 0.415. The Labute approximate surface area is 133 Å². The maximum atomic E-state index is 11.9.